The molecular formula is C17H17ClN2O4S2. The first-order valence-corrected chi connectivity index (χ1v) is 10.5. The molecule has 1 N–H and O–H groups in total. The minimum Gasteiger partial charge on any atom is -0.339 e. The molecule has 2 aromatic carbocycles. The standard InChI is InChI=1S/C17H17ClN2O4S2/c1-20(2)17(22)25-12-6-4-11(5-7-12)19-16(21)14-10-13(26(3,23)24)8-9-15(14)18/h4-10H,1-3H3,(H,19,21). The molecule has 0 saturated carbocycles. The number of sulfone groups is 1. The summed E-state index contributed by atoms with van der Waals surface area (Å²) in [6.07, 6.45) is 1.06. The van der Waals surface area contributed by atoms with Crippen LogP contribution in [0.4, 0.5) is 10.5 Å². The molecule has 0 bridgehead atoms. The van der Waals surface area contributed by atoms with Crippen molar-refractivity contribution in [1.29, 1.82) is 0 Å². The Bertz CT molecular complexity index is 942. The van der Waals surface area contributed by atoms with Crippen LogP contribution in [0.25, 0.3) is 0 Å². The Balaban J connectivity index is 2.16. The summed E-state index contributed by atoms with van der Waals surface area (Å²) in [4.78, 5) is 26.3. The molecule has 0 fully saturated rings. The predicted molar refractivity (Wildman–Crippen MR) is 104 cm³/mol. The van der Waals surface area contributed by atoms with Crippen LogP contribution >= 0.6 is 23.4 Å². The summed E-state index contributed by atoms with van der Waals surface area (Å²) in [5, 5.41) is 2.70. The van der Waals surface area contributed by atoms with Crippen molar-refractivity contribution in [2.24, 2.45) is 0 Å². The summed E-state index contributed by atoms with van der Waals surface area (Å²) in [5.41, 5.74) is 0.563. The number of halogens is 1. The lowest BCUT2D eigenvalue weighted by Crippen LogP contribution is -2.16. The smallest absolute Gasteiger partial charge is 0.285 e. The van der Waals surface area contributed by atoms with E-state index in [0.29, 0.717) is 5.69 Å². The lowest BCUT2D eigenvalue weighted by atomic mass is 10.2. The van der Waals surface area contributed by atoms with Gasteiger partial charge in [-0.05, 0) is 54.2 Å². The van der Waals surface area contributed by atoms with E-state index >= 15 is 0 Å². The predicted octanol–water partition coefficient (Wildman–Crippen LogP) is 3.77. The fourth-order valence-electron chi connectivity index (χ4n) is 1.91. The van der Waals surface area contributed by atoms with E-state index < -0.39 is 15.7 Å². The molecule has 0 radical (unpaired) electrons. The van der Waals surface area contributed by atoms with Crippen LogP contribution < -0.4 is 5.32 Å². The number of carbonyl (C=O) groups is 2. The quantitative estimate of drug-likeness (QED) is 0.773. The van der Waals surface area contributed by atoms with Crippen LogP contribution in [0, 0.1) is 0 Å². The van der Waals surface area contributed by atoms with Crippen LogP contribution in [-0.4, -0.2) is 44.8 Å². The van der Waals surface area contributed by atoms with Crippen molar-refractivity contribution in [3.05, 3.63) is 53.1 Å². The normalized spacial score (nSPS) is 11.1. The number of hydrogen-bond acceptors (Lipinski definition) is 5. The second-order valence-corrected chi connectivity index (χ2v) is 9.10. The first-order chi connectivity index (χ1) is 12.1. The van der Waals surface area contributed by atoms with E-state index in [1.165, 1.54) is 23.1 Å². The molecule has 2 amide bonds. The molecule has 0 aromatic heterocycles. The third-order valence-corrected chi connectivity index (χ3v) is 5.78. The molecular weight excluding hydrogens is 396 g/mol. The summed E-state index contributed by atoms with van der Waals surface area (Å²) in [6, 6.07) is 10.7. The van der Waals surface area contributed by atoms with Crippen molar-refractivity contribution in [2.45, 2.75) is 9.79 Å². The van der Waals surface area contributed by atoms with Gasteiger partial charge < -0.3 is 10.2 Å². The average Bonchev–Trinajstić information content (AvgIpc) is 2.55. The zero-order chi connectivity index (χ0) is 19.5. The fraction of sp³-hybridized carbons (Fsp3) is 0.176. The molecule has 0 spiro atoms. The van der Waals surface area contributed by atoms with Gasteiger partial charge in [-0.15, -0.1) is 0 Å². The first kappa shape index (κ1) is 20.3. The van der Waals surface area contributed by atoms with Gasteiger partial charge >= 0.3 is 0 Å². The Kier molecular flexibility index (Phi) is 6.33. The van der Waals surface area contributed by atoms with Gasteiger partial charge in [-0.1, -0.05) is 11.6 Å². The minimum atomic E-state index is -3.45. The highest BCUT2D eigenvalue weighted by Gasteiger charge is 2.16. The molecule has 0 saturated heterocycles. The molecule has 0 heterocycles. The number of thioether (sulfide) groups is 1. The van der Waals surface area contributed by atoms with Crippen LogP contribution in [0.3, 0.4) is 0 Å². The topological polar surface area (TPSA) is 83.6 Å². The van der Waals surface area contributed by atoms with Gasteiger partial charge in [-0.25, -0.2) is 8.42 Å². The lowest BCUT2D eigenvalue weighted by molar-refractivity contribution is 0.102. The van der Waals surface area contributed by atoms with Crippen LogP contribution in [-0.2, 0) is 9.84 Å². The lowest BCUT2D eigenvalue weighted by Gasteiger charge is -2.10. The van der Waals surface area contributed by atoms with Gasteiger partial charge in [0.2, 0.25) is 0 Å². The van der Waals surface area contributed by atoms with Crippen LogP contribution in [0.15, 0.2) is 52.3 Å². The van der Waals surface area contributed by atoms with Crippen molar-refractivity contribution >= 4 is 50.0 Å². The third-order valence-electron chi connectivity index (χ3n) is 3.29. The maximum absolute atomic E-state index is 12.4. The van der Waals surface area contributed by atoms with E-state index in [1.807, 2.05) is 0 Å². The van der Waals surface area contributed by atoms with Gasteiger partial charge in [-0.2, -0.15) is 0 Å². The molecule has 0 atom stereocenters. The first-order valence-electron chi connectivity index (χ1n) is 7.38. The number of anilines is 1. The van der Waals surface area contributed by atoms with Crippen LogP contribution in [0.2, 0.25) is 5.02 Å². The number of rotatable bonds is 4. The SMILES string of the molecule is CN(C)C(=O)Sc1ccc(NC(=O)c2cc(S(C)(=O)=O)ccc2Cl)cc1. The zero-order valence-corrected chi connectivity index (χ0v) is 16.7. The number of nitrogens with one attached hydrogen (secondary N) is 1. The minimum absolute atomic E-state index is 0.0148. The van der Waals surface area contributed by atoms with Crippen molar-refractivity contribution in [1.82, 2.24) is 4.90 Å². The monoisotopic (exact) mass is 412 g/mol. The Hall–Kier alpha value is -2.03. The van der Waals surface area contributed by atoms with E-state index in [-0.39, 0.29) is 20.7 Å². The summed E-state index contributed by atoms with van der Waals surface area (Å²) in [5.74, 6) is -0.523. The molecule has 2 aromatic rings. The Morgan fingerprint density at radius 2 is 1.69 bits per heavy atom. The number of benzene rings is 2. The molecule has 0 aliphatic heterocycles. The molecule has 0 aliphatic carbocycles. The van der Waals surface area contributed by atoms with Gasteiger partial charge in [0.25, 0.3) is 11.1 Å². The third kappa shape index (κ3) is 5.23. The molecule has 138 valence electrons. The highest BCUT2D eigenvalue weighted by atomic mass is 35.5. The molecule has 0 unspecified atom stereocenters. The van der Waals surface area contributed by atoms with E-state index in [9.17, 15) is 18.0 Å². The second kappa shape index (κ2) is 8.11. The Morgan fingerprint density at radius 1 is 1.08 bits per heavy atom. The van der Waals surface area contributed by atoms with E-state index in [4.69, 9.17) is 11.6 Å². The maximum atomic E-state index is 12.4. The van der Waals surface area contributed by atoms with Crippen molar-refractivity contribution in [2.75, 3.05) is 25.7 Å². The van der Waals surface area contributed by atoms with Crippen LogP contribution in [0.1, 0.15) is 10.4 Å². The number of hydrogen-bond donors (Lipinski definition) is 1. The Morgan fingerprint density at radius 3 is 2.23 bits per heavy atom. The summed E-state index contributed by atoms with van der Waals surface area (Å²) in [6.45, 7) is 0. The van der Waals surface area contributed by atoms with Gasteiger partial charge in [0.05, 0.1) is 15.5 Å². The summed E-state index contributed by atoms with van der Waals surface area (Å²) >= 11 is 7.09. The molecule has 0 aliphatic rings. The highest BCUT2D eigenvalue weighted by Crippen LogP contribution is 2.24. The summed E-state index contributed by atoms with van der Waals surface area (Å²) in [7, 11) is -0.120. The number of amides is 2. The largest absolute Gasteiger partial charge is 0.339 e. The molecule has 6 nitrogen and oxygen atoms in total. The Labute approximate surface area is 161 Å². The van der Waals surface area contributed by atoms with Crippen molar-refractivity contribution in [3.63, 3.8) is 0 Å². The highest BCUT2D eigenvalue weighted by molar-refractivity contribution is 8.13. The van der Waals surface area contributed by atoms with Gasteiger partial charge in [-0.3, -0.25) is 9.59 Å². The molecule has 9 heteroatoms. The van der Waals surface area contributed by atoms with E-state index in [2.05, 4.69) is 5.32 Å². The van der Waals surface area contributed by atoms with Gasteiger partial charge in [0.15, 0.2) is 9.84 Å². The molecule has 2 rings (SSSR count). The average molecular weight is 413 g/mol. The number of carbonyl (C=O) groups excluding carboxylic acids is 2. The maximum Gasteiger partial charge on any atom is 0.285 e. The van der Waals surface area contributed by atoms with E-state index in [0.717, 1.165) is 22.9 Å². The van der Waals surface area contributed by atoms with Gasteiger partial charge in [0.1, 0.15) is 0 Å². The van der Waals surface area contributed by atoms with E-state index in [1.54, 1.807) is 38.4 Å². The fourth-order valence-corrected chi connectivity index (χ4v) is 3.41. The second-order valence-electron chi connectivity index (χ2n) is 5.65. The molecule has 26 heavy (non-hydrogen) atoms. The zero-order valence-electron chi connectivity index (χ0n) is 14.3. The number of nitrogens with zero attached hydrogens (tertiary/aromatic N) is 1. The summed E-state index contributed by atoms with van der Waals surface area (Å²) < 4.78 is 23.3. The van der Waals surface area contributed by atoms with Crippen molar-refractivity contribution < 1.29 is 18.0 Å². The van der Waals surface area contributed by atoms with Crippen molar-refractivity contribution in [3.8, 4) is 0 Å². The van der Waals surface area contributed by atoms with Crippen LogP contribution in [0.5, 0.6) is 0 Å². The van der Waals surface area contributed by atoms with Gasteiger partial charge in [0, 0.05) is 30.9 Å².